The summed E-state index contributed by atoms with van der Waals surface area (Å²) in [4.78, 5) is 24.7. The van der Waals surface area contributed by atoms with E-state index in [-0.39, 0.29) is 12.0 Å². The van der Waals surface area contributed by atoms with Crippen LogP contribution in [0.25, 0.3) is 22.3 Å². The van der Waals surface area contributed by atoms with Gasteiger partial charge in [0.15, 0.2) is 6.04 Å². The molecule has 0 saturated heterocycles. The highest BCUT2D eigenvalue weighted by Crippen LogP contribution is 2.31. The van der Waals surface area contributed by atoms with E-state index in [0.717, 1.165) is 28.8 Å². The number of hydrogen-bond donors (Lipinski definition) is 2. The number of carbonyl (C=O) groups is 2. The Balaban J connectivity index is 1.42. The van der Waals surface area contributed by atoms with Gasteiger partial charge in [-0.15, -0.1) is 0 Å². The van der Waals surface area contributed by atoms with Crippen LogP contribution < -0.4 is 5.32 Å². The van der Waals surface area contributed by atoms with Crippen molar-refractivity contribution >= 4 is 35.1 Å². The van der Waals surface area contributed by atoms with Crippen molar-refractivity contribution in [3.63, 3.8) is 0 Å². The molecule has 0 saturated carbocycles. The number of amides is 1. The fraction of sp³-hybridized carbons (Fsp3) is 0.103. The van der Waals surface area contributed by atoms with E-state index in [1.165, 1.54) is 29.6 Å². The quantitative estimate of drug-likeness (QED) is 0.263. The molecule has 0 fully saturated rings. The summed E-state index contributed by atoms with van der Waals surface area (Å²) in [5.74, 6) is -1.59. The Hall–Kier alpha value is -3.65. The van der Waals surface area contributed by atoms with Crippen molar-refractivity contribution in [1.29, 1.82) is 0 Å². The first-order valence-electron chi connectivity index (χ1n) is 11.5. The number of carboxylic acids is 1. The Bertz CT molecular complexity index is 1450. The molecule has 4 aromatic rings. The van der Waals surface area contributed by atoms with Gasteiger partial charge in [-0.3, -0.25) is 5.32 Å². The van der Waals surface area contributed by atoms with Gasteiger partial charge in [-0.1, -0.05) is 77.8 Å². The number of hydrogen-bond acceptors (Lipinski definition) is 2. The van der Waals surface area contributed by atoms with E-state index >= 15 is 0 Å². The van der Waals surface area contributed by atoms with Crippen molar-refractivity contribution in [1.82, 2.24) is 0 Å². The molecule has 4 nitrogen and oxygen atoms in total. The third kappa shape index (κ3) is 6.61. The van der Waals surface area contributed by atoms with E-state index in [9.17, 15) is 27.9 Å². The first-order chi connectivity index (χ1) is 18.0. The number of carbonyl (C=O) groups excluding carboxylic acids is 1. The lowest BCUT2D eigenvalue weighted by Gasteiger charge is -2.12. The number of primary amides is 1. The Morgan fingerprint density at radius 1 is 0.737 bits per heavy atom. The summed E-state index contributed by atoms with van der Waals surface area (Å²) >= 11 is 12.1. The monoisotopic (exact) mass is 558 g/mol. The van der Waals surface area contributed by atoms with Crippen LogP contribution in [0.1, 0.15) is 21.5 Å². The van der Waals surface area contributed by atoms with Gasteiger partial charge < -0.3 is 5.11 Å². The SMILES string of the molecule is O=C([NH2+]C(Cc1ccc(-c2ccc(Cl)c(Cl)c2)cc1)C(=O)O)c1ccc(-c2ccc(C(F)(F)F)cc2)cc1. The Morgan fingerprint density at radius 2 is 1.24 bits per heavy atom. The van der Waals surface area contributed by atoms with Crippen molar-refractivity contribution in [3.05, 3.63) is 118 Å². The molecule has 0 aliphatic rings. The van der Waals surface area contributed by atoms with Crippen molar-refractivity contribution < 1.29 is 33.2 Å². The van der Waals surface area contributed by atoms with Crippen LogP contribution in [0.3, 0.4) is 0 Å². The fourth-order valence-electron chi connectivity index (χ4n) is 3.94. The van der Waals surface area contributed by atoms with Crippen molar-refractivity contribution in [2.75, 3.05) is 0 Å². The standard InChI is InChI=1S/C29H20Cl2F3NO3/c30-24-14-11-22(16-25(24)31)20-3-1-17(2-4-20)15-26(28(37)38)35-27(36)21-7-5-18(6-8-21)19-9-12-23(13-10-19)29(32,33)34/h1-14,16,26H,15H2,(H,35,36)(H,37,38)/p+1. The van der Waals surface area contributed by atoms with E-state index in [1.54, 1.807) is 36.4 Å². The van der Waals surface area contributed by atoms with Gasteiger partial charge in [0.2, 0.25) is 0 Å². The summed E-state index contributed by atoms with van der Waals surface area (Å²) in [6, 6.07) is 22.5. The molecule has 194 valence electrons. The molecule has 38 heavy (non-hydrogen) atoms. The minimum Gasteiger partial charge on any atom is -0.477 e. The van der Waals surface area contributed by atoms with Gasteiger partial charge in [0, 0.05) is 6.42 Å². The average Bonchev–Trinajstić information content (AvgIpc) is 2.90. The summed E-state index contributed by atoms with van der Waals surface area (Å²) in [5, 5.41) is 11.8. The van der Waals surface area contributed by atoms with Crippen molar-refractivity contribution in [2.45, 2.75) is 18.6 Å². The summed E-state index contributed by atoms with van der Waals surface area (Å²) in [6.45, 7) is 0. The number of aliphatic carboxylic acids is 1. The van der Waals surface area contributed by atoms with Gasteiger partial charge in [-0.2, -0.15) is 13.2 Å². The van der Waals surface area contributed by atoms with E-state index in [4.69, 9.17) is 23.2 Å². The Kier molecular flexibility index (Phi) is 8.21. The first kappa shape index (κ1) is 27.4. The molecule has 0 aliphatic carbocycles. The molecule has 0 spiro atoms. The Labute approximate surface area is 226 Å². The van der Waals surface area contributed by atoms with Crippen LogP contribution in [0.5, 0.6) is 0 Å². The molecule has 3 N–H and O–H groups in total. The highest BCUT2D eigenvalue weighted by molar-refractivity contribution is 6.42. The number of carboxylic acid groups (broad SMARTS) is 1. The largest absolute Gasteiger partial charge is 0.477 e. The molecule has 0 heterocycles. The zero-order valence-corrected chi connectivity index (χ0v) is 21.2. The number of nitrogens with two attached hydrogens (primary N) is 1. The molecule has 0 radical (unpaired) electrons. The minimum atomic E-state index is -4.42. The normalized spacial score (nSPS) is 12.2. The zero-order chi connectivity index (χ0) is 27.4. The highest BCUT2D eigenvalue weighted by Gasteiger charge is 2.30. The molecule has 0 aromatic heterocycles. The predicted molar refractivity (Wildman–Crippen MR) is 140 cm³/mol. The van der Waals surface area contributed by atoms with E-state index in [1.807, 2.05) is 18.2 Å². The second kappa shape index (κ2) is 11.4. The van der Waals surface area contributed by atoms with Gasteiger partial charge in [0.05, 0.1) is 21.2 Å². The van der Waals surface area contributed by atoms with Gasteiger partial charge >= 0.3 is 18.1 Å². The average molecular weight is 559 g/mol. The molecule has 9 heteroatoms. The number of alkyl halides is 3. The third-order valence-electron chi connectivity index (χ3n) is 6.05. The van der Waals surface area contributed by atoms with E-state index in [0.29, 0.717) is 21.2 Å². The summed E-state index contributed by atoms with van der Waals surface area (Å²) in [5.41, 5.74) is 3.21. The lowest BCUT2D eigenvalue weighted by Crippen LogP contribution is -2.95. The maximum atomic E-state index is 12.8. The molecular weight excluding hydrogens is 538 g/mol. The van der Waals surface area contributed by atoms with Crippen molar-refractivity contribution in [2.24, 2.45) is 0 Å². The second-order valence-electron chi connectivity index (χ2n) is 8.66. The summed E-state index contributed by atoms with van der Waals surface area (Å²) in [7, 11) is 0. The van der Waals surface area contributed by atoms with Crippen LogP contribution in [0, 0.1) is 0 Å². The van der Waals surface area contributed by atoms with Crippen LogP contribution in [0.2, 0.25) is 10.0 Å². The fourth-order valence-corrected chi connectivity index (χ4v) is 4.24. The first-order valence-corrected chi connectivity index (χ1v) is 12.2. The smallest absolute Gasteiger partial charge is 0.416 e. The zero-order valence-electron chi connectivity index (χ0n) is 19.7. The Morgan fingerprint density at radius 3 is 1.76 bits per heavy atom. The lowest BCUT2D eigenvalue weighted by molar-refractivity contribution is -0.582. The highest BCUT2D eigenvalue weighted by atomic mass is 35.5. The molecule has 0 aliphatic heterocycles. The van der Waals surface area contributed by atoms with Crippen LogP contribution in [-0.4, -0.2) is 23.0 Å². The predicted octanol–water partition coefficient (Wildman–Crippen LogP) is 6.75. The van der Waals surface area contributed by atoms with E-state index in [2.05, 4.69) is 0 Å². The topological polar surface area (TPSA) is 71.0 Å². The van der Waals surface area contributed by atoms with E-state index < -0.39 is 29.7 Å². The second-order valence-corrected chi connectivity index (χ2v) is 9.47. The van der Waals surface area contributed by atoms with Gasteiger partial charge in [0.25, 0.3) is 0 Å². The van der Waals surface area contributed by atoms with Crippen LogP contribution in [0.15, 0.2) is 91.0 Å². The summed E-state index contributed by atoms with van der Waals surface area (Å²) < 4.78 is 38.4. The van der Waals surface area contributed by atoms with Crippen LogP contribution >= 0.6 is 23.2 Å². The minimum absolute atomic E-state index is 0.117. The van der Waals surface area contributed by atoms with Gasteiger partial charge in [-0.05, 0) is 64.2 Å². The van der Waals surface area contributed by atoms with Crippen LogP contribution in [-0.2, 0) is 17.4 Å². The number of benzene rings is 4. The summed E-state index contributed by atoms with van der Waals surface area (Å²) in [6.07, 6.45) is -4.30. The maximum absolute atomic E-state index is 12.8. The molecular formula is C29H21Cl2F3NO3+. The van der Waals surface area contributed by atoms with Gasteiger partial charge in [-0.25, -0.2) is 9.59 Å². The number of halogens is 5. The lowest BCUT2D eigenvalue weighted by atomic mass is 10.00. The van der Waals surface area contributed by atoms with Crippen LogP contribution in [0.4, 0.5) is 13.2 Å². The molecule has 1 atom stereocenters. The molecule has 1 amide bonds. The molecule has 1 unspecified atom stereocenters. The molecule has 4 aromatic carbocycles. The third-order valence-corrected chi connectivity index (χ3v) is 6.79. The molecule has 4 rings (SSSR count). The maximum Gasteiger partial charge on any atom is 0.416 e. The van der Waals surface area contributed by atoms with Crippen molar-refractivity contribution in [3.8, 4) is 22.3 Å². The van der Waals surface area contributed by atoms with Gasteiger partial charge in [0.1, 0.15) is 0 Å². The number of rotatable bonds is 7. The number of quaternary nitrogens is 1. The molecule has 0 bridgehead atoms.